The van der Waals surface area contributed by atoms with Gasteiger partial charge in [0.05, 0.1) is 0 Å². The van der Waals surface area contributed by atoms with Crippen molar-refractivity contribution in [1.82, 2.24) is 14.7 Å². The molecule has 1 unspecified atom stereocenters. The zero-order valence-corrected chi connectivity index (χ0v) is 19.7. The third kappa shape index (κ3) is 6.21. The molecule has 1 atom stereocenters. The van der Waals surface area contributed by atoms with E-state index in [1.54, 1.807) is 0 Å². The third-order valence-electron chi connectivity index (χ3n) is 6.27. The normalized spacial score (nSPS) is 24.3. The highest BCUT2D eigenvalue weighted by Crippen LogP contribution is 2.35. The first-order chi connectivity index (χ1) is 14.2. The van der Waals surface area contributed by atoms with Crippen LogP contribution in [0.15, 0.2) is 30.3 Å². The summed E-state index contributed by atoms with van der Waals surface area (Å²) in [4.78, 5) is 19.7. The van der Waals surface area contributed by atoms with Gasteiger partial charge in [0, 0.05) is 44.8 Å². The van der Waals surface area contributed by atoms with Crippen LogP contribution in [-0.2, 0) is 11.3 Å². The van der Waals surface area contributed by atoms with Crippen LogP contribution in [0.25, 0.3) is 0 Å². The Morgan fingerprint density at radius 3 is 2.33 bits per heavy atom. The maximum atomic E-state index is 12.5. The second kappa shape index (κ2) is 9.69. The summed E-state index contributed by atoms with van der Waals surface area (Å²) in [6.45, 7) is 17.2. The van der Waals surface area contributed by atoms with Gasteiger partial charge in [0.1, 0.15) is 5.60 Å². The fraction of sp³-hybridized carbons (Fsp3) is 0.720. The molecule has 0 bridgehead atoms. The quantitative estimate of drug-likeness (QED) is 0.703. The molecule has 1 aromatic carbocycles. The van der Waals surface area contributed by atoms with Crippen LogP contribution < -0.4 is 0 Å². The Hall–Kier alpha value is -1.59. The van der Waals surface area contributed by atoms with Crippen LogP contribution in [0.1, 0.15) is 59.4 Å². The summed E-state index contributed by atoms with van der Waals surface area (Å²) < 4.78 is 5.59. The molecule has 1 amide bonds. The number of hydrogen-bond donors (Lipinski definition) is 0. The Morgan fingerprint density at radius 1 is 1.07 bits per heavy atom. The predicted octanol–water partition coefficient (Wildman–Crippen LogP) is 4.62. The molecule has 0 saturated carbocycles. The second-order valence-electron chi connectivity index (χ2n) is 10.6. The number of likely N-dealkylation sites (tertiary alicyclic amines) is 1. The molecule has 2 heterocycles. The first-order valence-electron chi connectivity index (χ1n) is 11.7. The number of piperidine rings is 1. The highest BCUT2D eigenvalue weighted by molar-refractivity contribution is 5.68. The van der Waals surface area contributed by atoms with Gasteiger partial charge in [0.2, 0.25) is 0 Å². The van der Waals surface area contributed by atoms with E-state index >= 15 is 0 Å². The van der Waals surface area contributed by atoms with E-state index in [0.29, 0.717) is 5.92 Å². The number of nitrogens with zero attached hydrogens (tertiary/aromatic N) is 3. The molecule has 2 aliphatic rings. The summed E-state index contributed by atoms with van der Waals surface area (Å²) in [5, 5.41) is 0. The Morgan fingerprint density at radius 2 is 1.73 bits per heavy atom. The third-order valence-corrected chi connectivity index (χ3v) is 6.27. The van der Waals surface area contributed by atoms with E-state index in [0.717, 1.165) is 39.3 Å². The summed E-state index contributed by atoms with van der Waals surface area (Å²) in [5.74, 6) is 0.658. The van der Waals surface area contributed by atoms with E-state index < -0.39 is 5.60 Å². The average molecular weight is 416 g/mol. The monoisotopic (exact) mass is 415 g/mol. The minimum Gasteiger partial charge on any atom is -0.444 e. The number of carbonyl (C=O) groups excluding carboxylic acids is 1. The number of rotatable bonds is 5. The van der Waals surface area contributed by atoms with Crippen molar-refractivity contribution in [3.05, 3.63) is 35.9 Å². The van der Waals surface area contributed by atoms with Crippen molar-refractivity contribution in [3.8, 4) is 0 Å². The van der Waals surface area contributed by atoms with E-state index in [4.69, 9.17) is 4.74 Å². The molecule has 3 rings (SSSR count). The van der Waals surface area contributed by atoms with Gasteiger partial charge in [-0.1, -0.05) is 44.2 Å². The molecule has 2 fully saturated rings. The Balaban J connectivity index is 1.66. The van der Waals surface area contributed by atoms with Crippen molar-refractivity contribution in [3.63, 3.8) is 0 Å². The SMILES string of the molecule is CC(C)CC1(N2CCN(C(=O)OC(C)(C)C)CC2)CCCN(Cc2ccccc2)C1. The van der Waals surface area contributed by atoms with Crippen molar-refractivity contribution in [2.75, 3.05) is 39.3 Å². The van der Waals surface area contributed by atoms with Crippen LogP contribution in [-0.4, -0.2) is 71.2 Å². The molecule has 2 aliphatic heterocycles. The van der Waals surface area contributed by atoms with Crippen molar-refractivity contribution < 1.29 is 9.53 Å². The van der Waals surface area contributed by atoms with E-state index in [-0.39, 0.29) is 11.6 Å². The maximum Gasteiger partial charge on any atom is 0.410 e. The number of piperazine rings is 1. The van der Waals surface area contributed by atoms with Gasteiger partial charge >= 0.3 is 6.09 Å². The smallest absolute Gasteiger partial charge is 0.410 e. The lowest BCUT2D eigenvalue weighted by atomic mass is 9.79. The van der Waals surface area contributed by atoms with Crippen molar-refractivity contribution in [1.29, 1.82) is 0 Å². The first-order valence-corrected chi connectivity index (χ1v) is 11.7. The van der Waals surface area contributed by atoms with Crippen LogP contribution in [0.2, 0.25) is 0 Å². The predicted molar refractivity (Wildman–Crippen MR) is 123 cm³/mol. The van der Waals surface area contributed by atoms with Crippen LogP contribution in [0.4, 0.5) is 4.79 Å². The Kier molecular flexibility index (Phi) is 7.46. The fourth-order valence-electron chi connectivity index (χ4n) is 5.19. The molecule has 0 spiro atoms. The van der Waals surface area contributed by atoms with E-state index in [1.807, 2.05) is 25.7 Å². The lowest BCUT2D eigenvalue weighted by Crippen LogP contribution is -2.64. The molecule has 0 N–H and O–H groups in total. The van der Waals surface area contributed by atoms with Crippen molar-refractivity contribution in [2.45, 2.75) is 71.6 Å². The Labute approximate surface area is 183 Å². The highest BCUT2D eigenvalue weighted by atomic mass is 16.6. The molecular weight excluding hydrogens is 374 g/mol. The average Bonchev–Trinajstić information content (AvgIpc) is 2.67. The molecule has 1 aromatic rings. The number of carbonyl (C=O) groups is 1. The van der Waals surface area contributed by atoms with Gasteiger partial charge in [-0.3, -0.25) is 9.80 Å². The van der Waals surface area contributed by atoms with Gasteiger partial charge < -0.3 is 9.64 Å². The van der Waals surface area contributed by atoms with Gasteiger partial charge in [0.15, 0.2) is 0 Å². The zero-order valence-electron chi connectivity index (χ0n) is 19.7. The second-order valence-corrected chi connectivity index (χ2v) is 10.6. The molecule has 0 radical (unpaired) electrons. The van der Waals surface area contributed by atoms with Gasteiger partial charge in [-0.25, -0.2) is 4.79 Å². The lowest BCUT2D eigenvalue weighted by Gasteiger charge is -2.53. The van der Waals surface area contributed by atoms with Crippen LogP contribution in [0.5, 0.6) is 0 Å². The van der Waals surface area contributed by atoms with Crippen molar-refractivity contribution in [2.24, 2.45) is 5.92 Å². The van der Waals surface area contributed by atoms with Crippen LogP contribution in [0, 0.1) is 5.92 Å². The molecule has 30 heavy (non-hydrogen) atoms. The van der Waals surface area contributed by atoms with Gasteiger partial charge in [-0.2, -0.15) is 0 Å². The molecule has 2 saturated heterocycles. The molecule has 5 nitrogen and oxygen atoms in total. The van der Waals surface area contributed by atoms with Crippen LogP contribution in [0.3, 0.4) is 0 Å². The minimum absolute atomic E-state index is 0.172. The van der Waals surface area contributed by atoms with E-state index in [1.165, 1.54) is 31.4 Å². The van der Waals surface area contributed by atoms with Gasteiger partial charge in [0.25, 0.3) is 0 Å². The number of hydrogen-bond acceptors (Lipinski definition) is 4. The fourth-order valence-corrected chi connectivity index (χ4v) is 5.19. The standard InChI is InChI=1S/C25H41N3O2/c1-21(2)18-25(12-9-13-26(20-25)19-22-10-7-6-8-11-22)28-16-14-27(15-17-28)23(29)30-24(3,4)5/h6-8,10-11,21H,9,12-20H2,1-5H3. The summed E-state index contributed by atoms with van der Waals surface area (Å²) in [6.07, 6.45) is 3.54. The molecule has 0 aromatic heterocycles. The molecule has 168 valence electrons. The maximum absolute atomic E-state index is 12.5. The van der Waals surface area contributed by atoms with Crippen LogP contribution >= 0.6 is 0 Å². The lowest BCUT2D eigenvalue weighted by molar-refractivity contribution is -0.0385. The molecular formula is C25H41N3O2. The minimum atomic E-state index is -0.436. The topological polar surface area (TPSA) is 36.0 Å². The van der Waals surface area contributed by atoms with Gasteiger partial charge in [-0.05, 0) is 58.1 Å². The van der Waals surface area contributed by atoms with E-state index in [9.17, 15) is 4.79 Å². The summed E-state index contributed by atoms with van der Waals surface area (Å²) in [7, 11) is 0. The number of amides is 1. The molecule has 0 aliphatic carbocycles. The van der Waals surface area contributed by atoms with E-state index in [2.05, 4.69) is 54.0 Å². The summed E-state index contributed by atoms with van der Waals surface area (Å²) in [5.41, 5.74) is 1.17. The number of ether oxygens (including phenoxy) is 1. The Bertz CT molecular complexity index is 677. The zero-order chi connectivity index (χ0) is 21.8. The van der Waals surface area contributed by atoms with Gasteiger partial charge in [-0.15, -0.1) is 0 Å². The molecule has 5 heteroatoms. The number of benzene rings is 1. The highest BCUT2D eigenvalue weighted by Gasteiger charge is 2.42. The largest absolute Gasteiger partial charge is 0.444 e. The van der Waals surface area contributed by atoms with Crippen molar-refractivity contribution >= 4 is 6.09 Å². The first kappa shape index (κ1) is 23.1. The summed E-state index contributed by atoms with van der Waals surface area (Å²) in [6, 6.07) is 10.8. The summed E-state index contributed by atoms with van der Waals surface area (Å²) >= 11 is 0.